The maximum atomic E-state index is 10.1. The fourth-order valence-corrected chi connectivity index (χ4v) is 1.26. The Balaban J connectivity index is 2.47. The maximum Gasteiger partial charge on any atom is 0.177 e. The molecule has 0 aliphatic carbocycles. The molecular weight excluding hydrogens is 192 g/mol. The van der Waals surface area contributed by atoms with E-state index < -0.39 is 0 Å². The Bertz CT molecular complexity index is 267. The van der Waals surface area contributed by atoms with E-state index in [0.717, 1.165) is 11.9 Å². The van der Waals surface area contributed by atoms with Gasteiger partial charge in [-0.2, -0.15) is 0 Å². The number of ether oxygens (including phenoxy) is 2. The van der Waals surface area contributed by atoms with E-state index in [-0.39, 0.29) is 11.7 Å². The first kappa shape index (κ1) is 12.1. The van der Waals surface area contributed by atoms with E-state index in [1.807, 2.05) is 13.0 Å². The molecule has 0 aromatic heterocycles. The monoisotopic (exact) mass is 210 g/mol. The van der Waals surface area contributed by atoms with Crippen LogP contribution in [0.4, 0.5) is 0 Å². The van der Waals surface area contributed by atoms with Crippen LogP contribution in [0.1, 0.15) is 20.8 Å². The highest BCUT2D eigenvalue weighted by molar-refractivity contribution is 5.65. The Morgan fingerprint density at radius 2 is 1.93 bits per heavy atom. The molecule has 0 bridgehead atoms. The number of hydrogen-bond donors (Lipinski definition) is 0. The van der Waals surface area contributed by atoms with Crippen LogP contribution in [0.3, 0.4) is 0 Å². The minimum absolute atomic E-state index is 0.0941. The summed E-state index contributed by atoms with van der Waals surface area (Å²) >= 11 is 0. The fourth-order valence-electron chi connectivity index (χ4n) is 1.26. The molecule has 0 aromatic carbocycles. The van der Waals surface area contributed by atoms with Crippen LogP contribution in [-0.4, -0.2) is 25.8 Å². The topological polar surface area (TPSA) is 35.5 Å². The Morgan fingerprint density at radius 1 is 1.33 bits per heavy atom. The van der Waals surface area contributed by atoms with Crippen molar-refractivity contribution in [2.75, 3.05) is 13.2 Å². The van der Waals surface area contributed by atoms with Crippen molar-refractivity contribution in [2.45, 2.75) is 27.1 Å². The Hall–Kier alpha value is -0.930. The van der Waals surface area contributed by atoms with Crippen molar-refractivity contribution in [1.29, 1.82) is 0 Å². The average molecular weight is 210 g/mol. The molecule has 0 spiro atoms. The van der Waals surface area contributed by atoms with Gasteiger partial charge in [0.15, 0.2) is 6.29 Å². The van der Waals surface area contributed by atoms with Crippen molar-refractivity contribution >= 4 is 6.29 Å². The molecule has 1 saturated heterocycles. The van der Waals surface area contributed by atoms with Gasteiger partial charge in [0.2, 0.25) is 0 Å². The fraction of sp³-hybridized carbons (Fsp3) is 0.583. The predicted molar refractivity (Wildman–Crippen MR) is 58.4 cm³/mol. The van der Waals surface area contributed by atoms with Gasteiger partial charge in [-0.3, -0.25) is 4.79 Å². The number of hydrogen-bond acceptors (Lipinski definition) is 3. The number of allylic oxidation sites excluding steroid dienone is 3. The number of aldehydes is 1. The minimum Gasteiger partial charge on any atom is -0.348 e. The van der Waals surface area contributed by atoms with Crippen LogP contribution in [0.2, 0.25) is 0 Å². The number of carbonyl (C=O) groups excluding carboxylic acids is 1. The molecule has 1 fully saturated rings. The van der Waals surface area contributed by atoms with Crippen LogP contribution >= 0.6 is 0 Å². The summed E-state index contributed by atoms with van der Waals surface area (Å²) in [4.78, 5) is 10.1. The van der Waals surface area contributed by atoms with Gasteiger partial charge in [-0.15, -0.1) is 0 Å². The van der Waals surface area contributed by atoms with Gasteiger partial charge in [0, 0.05) is 5.41 Å². The van der Waals surface area contributed by atoms with E-state index in [0.29, 0.717) is 13.2 Å². The highest BCUT2D eigenvalue weighted by Crippen LogP contribution is 2.23. The second-order valence-corrected chi connectivity index (χ2v) is 4.56. The molecule has 1 aliphatic heterocycles. The van der Waals surface area contributed by atoms with Crippen molar-refractivity contribution in [1.82, 2.24) is 0 Å². The molecule has 0 unspecified atom stereocenters. The summed E-state index contributed by atoms with van der Waals surface area (Å²) in [6.45, 7) is 7.50. The molecule has 84 valence electrons. The van der Waals surface area contributed by atoms with E-state index in [1.54, 1.807) is 6.08 Å². The third kappa shape index (κ3) is 4.40. The summed E-state index contributed by atoms with van der Waals surface area (Å²) in [5.74, 6) is 0. The van der Waals surface area contributed by atoms with Crippen LogP contribution in [0.15, 0.2) is 23.8 Å². The first-order valence-electron chi connectivity index (χ1n) is 5.07. The summed E-state index contributed by atoms with van der Waals surface area (Å²) in [7, 11) is 0. The van der Waals surface area contributed by atoms with Crippen LogP contribution < -0.4 is 0 Å². The van der Waals surface area contributed by atoms with Gasteiger partial charge >= 0.3 is 0 Å². The quantitative estimate of drug-likeness (QED) is 0.406. The van der Waals surface area contributed by atoms with Gasteiger partial charge in [-0.25, -0.2) is 0 Å². The molecule has 0 saturated carbocycles. The summed E-state index contributed by atoms with van der Waals surface area (Å²) in [5, 5.41) is 0. The van der Waals surface area contributed by atoms with Gasteiger partial charge in [-0.1, -0.05) is 25.5 Å². The zero-order valence-electron chi connectivity index (χ0n) is 9.53. The standard InChI is InChI=1S/C12H18O3/c1-10(5-4-6-13)7-11-14-8-12(2,3)9-15-11/h4-7,11H,8-9H2,1-3H3/b5-4+,10-7+. The first-order valence-corrected chi connectivity index (χ1v) is 5.07. The lowest BCUT2D eigenvalue weighted by Crippen LogP contribution is -2.36. The normalized spacial score (nSPS) is 23.3. The van der Waals surface area contributed by atoms with Crippen molar-refractivity contribution in [3.05, 3.63) is 23.8 Å². The molecule has 0 aromatic rings. The third-order valence-electron chi connectivity index (χ3n) is 2.11. The molecule has 3 nitrogen and oxygen atoms in total. The molecule has 1 heterocycles. The maximum absolute atomic E-state index is 10.1. The van der Waals surface area contributed by atoms with Gasteiger partial charge in [0.1, 0.15) is 6.29 Å². The third-order valence-corrected chi connectivity index (χ3v) is 2.11. The zero-order valence-corrected chi connectivity index (χ0v) is 9.53. The van der Waals surface area contributed by atoms with E-state index in [1.165, 1.54) is 6.08 Å². The van der Waals surface area contributed by atoms with Crippen molar-refractivity contribution < 1.29 is 14.3 Å². The van der Waals surface area contributed by atoms with E-state index >= 15 is 0 Å². The second-order valence-electron chi connectivity index (χ2n) is 4.56. The van der Waals surface area contributed by atoms with Crippen LogP contribution in [0.5, 0.6) is 0 Å². The smallest absolute Gasteiger partial charge is 0.177 e. The average Bonchev–Trinajstić information content (AvgIpc) is 2.18. The zero-order chi connectivity index (χ0) is 11.3. The molecule has 0 amide bonds. The van der Waals surface area contributed by atoms with Crippen molar-refractivity contribution in [3.8, 4) is 0 Å². The number of carbonyl (C=O) groups is 1. The van der Waals surface area contributed by atoms with Crippen molar-refractivity contribution in [2.24, 2.45) is 5.41 Å². The molecule has 1 rings (SSSR count). The van der Waals surface area contributed by atoms with E-state index in [4.69, 9.17) is 9.47 Å². The lowest BCUT2D eigenvalue weighted by molar-refractivity contribution is -0.197. The summed E-state index contributed by atoms with van der Waals surface area (Å²) < 4.78 is 11.0. The predicted octanol–water partition coefficient (Wildman–Crippen LogP) is 2.09. The molecule has 0 atom stereocenters. The molecule has 1 aliphatic rings. The number of rotatable bonds is 3. The molecular formula is C12H18O3. The van der Waals surface area contributed by atoms with Crippen LogP contribution in [-0.2, 0) is 14.3 Å². The Kier molecular flexibility index (Phi) is 4.24. The lowest BCUT2D eigenvalue weighted by atomic mass is 9.95. The SMILES string of the molecule is CC(/C=C/C=O)=C\C1OCC(C)(C)CO1. The molecule has 0 N–H and O–H groups in total. The van der Waals surface area contributed by atoms with Crippen LogP contribution in [0.25, 0.3) is 0 Å². The highest BCUT2D eigenvalue weighted by Gasteiger charge is 2.26. The first-order chi connectivity index (χ1) is 7.03. The van der Waals surface area contributed by atoms with Gasteiger partial charge < -0.3 is 9.47 Å². The van der Waals surface area contributed by atoms with Gasteiger partial charge in [0.25, 0.3) is 0 Å². The summed E-state index contributed by atoms with van der Waals surface area (Å²) in [6, 6.07) is 0. The Labute approximate surface area is 90.8 Å². The molecule has 15 heavy (non-hydrogen) atoms. The van der Waals surface area contributed by atoms with Crippen LogP contribution in [0, 0.1) is 5.41 Å². The van der Waals surface area contributed by atoms with Gasteiger partial charge in [0.05, 0.1) is 13.2 Å². The minimum atomic E-state index is -0.283. The van der Waals surface area contributed by atoms with Gasteiger partial charge in [-0.05, 0) is 19.1 Å². The molecule has 0 radical (unpaired) electrons. The van der Waals surface area contributed by atoms with Crippen molar-refractivity contribution in [3.63, 3.8) is 0 Å². The summed E-state index contributed by atoms with van der Waals surface area (Å²) in [6.07, 6.45) is 5.53. The van der Waals surface area contributed by atoms with E-state index in [9.17, 15) is 4.79 Å². The molecule has 3 heteroatoms. The van der Waals surface area contributed by atoms with E-state index in [2.05, 4.69) is 13.8 Å². The largest absolute Gasteiger partial charge is 0.348 e. The summed E-state index contributed by atoms with van der Waals surface area (Å²) in [5.41, 5.74) is 1.06. The Morgan fingerprint density at radius 3 is 2.47 bits per heavy atom. The second kappa shape index (κ2) is 5.24. The highest BCUT2D eigenvalue weighted by atomic mass is 16.7. The lowest BCUT2D eigenvalue weighted by Gasteiger charge is -2.33.